The number of hydrogen-bond acceptors (Lipinski definition) is 5. The van der Waals surface area contributed by atoms with E-state index in [4.69, 9.17) is 15.2 Å². The number of fused-ring (bicyclic) bond motifs is 3. The lowest BCUT2D eigenvalue weighted by atomic mass is 9.98. The highest BCUT2D eigenvalue weighted by molar-refractivity contribution is 5.97. The molecule has 6 nitrogen and oxygen atoms in total. The minimum atomic E-state index is -0.644. The van der Waals surface area contributed by atoms with Crippen LogP contribution in [0.2, 0.25) is 0 Å². The molecular formula is C27H28N2O4. The van der Waals surface area contributed by atoms with Crippen LogP contribution < -0.4 is 11.1 Å². The van der Waals surface area contributed by atoms with Crippen LogP contribution in [0.1, 0.15) is 53.7 Å². The van der Waals surface area contributed by atoms with Gasteiger partial charge in [0.15, 0.2) is 0 Å². The highest BCUT2D eigenvalue weighted by Crippen LogP contribution is 2.44. The van der Waals surface area contributed by atoms with Crippen molar-refractivity contribution in [2.45, 2.75) is 39.2 Å². The third kappa shape index (κ3) is 4.70. The SMILES string of the molecule is Cc1c(NC(=O)OCC2c3ccccc3-c3ccccc32)cc(N)cc1C(=O)OC(C)(C)C. The second kappa shape index (κ2) is 8.62. The Morgan fingerprint density at radius 2 is 1.55 bits per heavy atom. The van der Waals surface area contributed by atoms with E-state index in [0.717, 1.165) is 22.3 Å². The summed E-state index contributed by atoms with van der Waals surface area (Å²) in [5, 5.41) is 2.73. The van der Waals surface area contributed by atoms with Gasteiger partial charge < -0.3 is 15.2 Å². The first-order valence-corrected chi connectivity index (χ1v) is 10.9. The van der Waals surface area contributed by atoms with Crippen LogP contribution in [-0.4, -0.2) is 24.3 Å². The first-order chi connectivity index (χ1) is 15.6. The van der Waals surface area contributed by atoms with Crippen LogP contribution in [0.4, 0.5) is 16.2 Å². The average molecular weight is 445 g/mol. The molecule has 0 spiro atoms. The molecule has 3 aromatic carbocycles. The fraction of sp³-hybridized carbons (Fsp3) is 0.259. The molecule has 0 unspecified atom stereocenters. The van der Waals surface area contributed by atoms with Gasteiger partial charge in [-0.25, -0.2) is 9.59 Å². The molecule has 0 bridgehead atoms. The first kappa shape index (κ1) is 22.4. The fourth-order valence-electron chi connectivity index (χ4n) is 4.16. The van der Waals surface area contributed by atoms with Gasteiger partial charge in [0.25, 0.3) is 0 Å². The molecule has 0 heterocycles. The van der Waals surface area contributed by atoms with Crippen LogP contribution in [0.15, 0.2) is 60.7 Å². The van der Waals surface area contributed by atoms with E-state index in [-0.39, 0.29) is 12.5 Å². The summed E-state index contributed by atoms with van der Waals surface area (Å²) in [4.78, 5) is 25.3. The number of esters is 1. The maximum Gasteiger partial charge on any atom is 0.411 e. The minimum absolute atomic E-state index is 0.0394. The van der Waals surface area contributed by atoms with E-state index in [1.54, 1.807) is 39.8 Å². The minimum Gasteiger partial charge on any atom is -0.456 e. The van der Waals surface area contributed by atoms with Crippen molar-refractivity contribution >= 4 is 23.4 Å². The molecule has 0 radical (unpaired) electrons. The average Bonchev–Trinajstić information content (AvgIpc) is 3.07. The van der Waals surface area contributed by atoms with Gasteiger partial charge in [-0.2, -0.15) is 0 Å². The van der Waals surface area contributed by atoms with Gasteiger partial charge in [0.1, 0.15) is 12.2 Å². The van der Waals surface area contributed by atoms with Gasteiger partial charge in [0, 0.05) is 17.3 Å². The summed E-state index contributed by atoms with van der Waals surface area (Å²) in [6, 6.07) is 19.5. The topological polar surface area (TPSA) is 90.6 Å². The molecule has 0 aromatic heterocycles. The molecule has 3 aromatic rings. The van der Waals surface area contributed by atoms with E-state index in [1.165, 1.54) is 0 Å². The van der Waals surface area contributed by atoms with Crippen molar-refractivity contribution in [2.75, 3.05) is 17.7 Å². The van der Waals surface area contributed by atoms with Crippen molar-refractivity contribution in [3.63, 3.8) is 0 Å². The molecule has 0 saturated heterocycles. The Kier molecular flexibility index (Phi) is 5.85. The zero-order valence-electron chi connectivity index (χ0n) is 19.3. The van der Waals surface area contributed by atoms with Gasteiger partial charge in [-0.15, -0.1) is 0 Å². The Labute approximate surface area is 193 Å². The van der Waals surface area contributed by atoms with E-state index >= 15 is 0 Å². The summed E-state index contributed by atoms with van der Waals surface area (Å²) >= 11 is 0. The number of amides is 1. The van der Waals surface area contributed by atoms with Gasteiger partial charge in [0.05, 0.1) is 5.56 Å². The number of carbonyl (C=O) groups is 2. The number of anilines is 2. The summed E-state index contributed by atoms with van der Waals surface area (Å²) in [5.41, 5.74) is 11.6. The van der Waals surface area contributed by atoms with Gasteiger partial charge in [-0.05, 0) is 67.6 Å². The Hall–Kier alpha value is -3.80. The molecule has 0 atom stereocenters. The third-order valence-electron chi connectivity index (χ3n) is 5.63. The van der Waals surface area contributed by atoms with Crippen molar-refractivity contribution in [1.82, 2.24) is 0 Å². The van der Waals surface area contributed by atoms with Crippen LogP contribution in [0.25, 0.3) is 11.1 Å². The van der Waals surface area contributed by atoms with Crippen molar-refractivity contribution < 1.29 is 19.1 Å². The largest absolute Gasteiger partial charge is 0.456 e. The number of nitrogens with one attached hydrogen (secondary N) is 1. The monoisotopic (exact) mass is 444 g/mol. The second-order valence-electron chi connectivity index (χ2n) is 9.19. The van der Waals surface area contributed by atoms with E-state index < -0.39 is 17.7 Å². The number of rotatable bonds is 4. The lowest BCUT2D eigenvalue weighted by molar-refractivity contribution is 0.00687. The predicted octanol–water partition coefficient (Wildman–Crippen LogP) is 5.89. The molecule has 0 aliphatic heterocycles. The molecule has 3 N–H and O–H groups in total. The van der Waals surface area contributed by atoms with Crippen LogP contribution in [0.3, 0.4) is 0 Å². The molecule has 4 rings (SSSR count). The fourth-order valence-corrected chi connectivity index (χ4v) is 4.16. The summed E-state index contributed by atoms with van der Waals surface area (Å²) in [6.07, 6.45) is -0.610. The summed E-state index contributed by atoms with van der Waals surface area (Å²) in [7, 11) is 0. The summed E-state index contributed by atoms with van der Waals surface area (Å²) in [6.45, 7) is 7.31. The summed E-state index contributed by atoms with van der Waals surface area (Å²) < 4.78 is 11.1. The molecule has 1 amide bonds. The number of ether oxygens (including phenoxy) is 2. The molecular weight excluding hydrogens is 416 g/mol. The Morgan fingerprint density at radius 1 is 0.970 bits per heavy atom. The summed E-state index contributed by atoms with van der Waals surface area (Å²) in [5.74, 6) is -0.537. The van der Waals surface area contributed by atoms with Gasteiger partial charge in [-0.1, -0.05) is 48.5 Å². The highest BCUT2D eigenvalue weighted by atomic mass is 16.6. The third-order valence-corrected chi connectivity index (χ3v) is 5.63. The smallest absolute Gasteiger partial charge is 0.411 e. The van der Waals surface area contributed by atoms with Crippen molar-refractivity contribution in [2.24, 2.45) is 0 Å². The first-order valence-electron chi connectivity index (χ1n) is 10.9. The molecule has 33 heavy (non-hydrogen) atoms. The van der Waals surface area contributed by atoms with E-state index in [0.29, 0.717) is 22.5 Å². The maximum atomic E-state index is 12.7. The van der Waals surface area contributed by atoms with E-state index in [2.05, 4.69) is 29.6 Å². The number of nitrogens with two attached hydrogens (primary N) is 1. The van der Waals surface area contributed by atoms with E-state index in [9.17, 15) is 9.59 Å². The van der Waals surface area contributed by atoms with Gasteiger partial charge >= 0.3 is 12.1 Å². The molecule has 1 aliphatic carbocycles. The lowest BCUT2D eigenvalue weighted by Gasteiger charge is -2.21. The molecule has 6 heteroatoms. The standard InChI is InChI=1S/C27H28N2O4/c1-16-22(25(30)33-27(2,3)4)13-17(28)14-24(16)29-26(31)32-15-23-20-11-7-5-9-18(20)19-10-6-8-12-21(19)23/h5-14,23H,15,28H2,1-4H3,(H,29,31). The quantitative estimate of drug-likeness (QED) is 0.387. The Bertz CT molecular complexity index is 1180. The van der Waals surface area contributed by atoms with Crippen molar-refractivity contribution in [1.29, 1.82) is 0 Å². The van der Waals surface area contributed by atoms with Crippen LogP contribution in [0.5, 0.6) is 0 Å². The van der Waals surface area contributed by atoms with Gasteiger partial charge in [0.2, 0.25) is 0 Å². The van der Waals surface area contributed by atoms with Crippen LogP contribution >= 0.6 is 0 Å². The second-order valence-corrected chi connectivity index (χ2v) is 9.19. The normalized spacial score (nSPS) is 12.6. The molecule has 0 fully saturated rings. The molecule has 1 aliphatic rings. The predicted molar refractivity (Wildman–Crippen MR) is 129 cm³/mol. The zero-order chi connectivity index (χ0) is 23.8. The number of carbonyl (C=O) groups excluding carboxylic acids is 2. The van der Waals surface area contributed by atoms with Crippen LogP contribution in [0, 0.1) is 6.92 Å². The van der Waals surface area contributed by atoms with Crippen molar-refractivity contribution in [3.8, 4) is 11.1 Å². The Morgan fingerprint density at radius 3 is 2.12 bits per heavy atom. The number of hydrogen-bond donors (Lipinski definition) is 2. The number of nitrogen functional groups attached to an aromatic ring is 1. The number of benzene rings is 3. The highest BCUT2D eigenvalue weighted by Gasteiger charge is 2.29. The van der Waals surface area contributed by atoms with Crippen molar-refractivity contribution in [3.05, 3.63) is 82.9 Å². The molecule has 170 valence electrons. The Balaban J connectivity index is 1.50. The zero-order valence-corrected chi connectivity index (χ0v) is 19.3. The molecule has 0 saturated carbocycles. The van der Waals surface area contributed by atoms with E-state index in [1.807, 2.05) is 24.3 Å². The van der Waals surface area contributed by atoms with Gasteiger partial charge in [-0.3, -0.25) is 5.32 Å². The lowest BCUT2D eigenvalue weighted by Crippen LogP contribution is -2.25. The van der Waals surface area contributed by atoms with Crippen LogP contribution in [-0.2, 0) is 9.47 Å². The maximum absolute atomic E-state index is 12.7.